The van der Waals surface area contributed by atoms with Crippen LogP contribution in [0.25, 0.3) is 0 Å². The molecule has 0 saturated carbocycles. The van der Waals surface area contributed by atoms with Crippen LogP contribution in [0.1, 0.15) is 24.8 Å². The molecule has 1 heterocycles. The van der Waals surface area contributed by atoms with Crippen molar-refractivity contribution in [2.45, 2.75) is 25.7 Å². The van der Waals surface area contributed by atoms with E-state index in [-0.39, 0.29) is 0 Å². The van der Waals surface area contributed by atoms with Gasteiger partial charge in [-0.25, -0.2) is 0 Å². The molecule has 0 atom stereocenters. The van der Waals surface area contributed by atoms with Crippen LogP contribution in [0.5, 0.6) is 11.5 Å². The maximum atomic E-state index is 5.33. The second-order valence-corrected chi connectivity index (χ2v) is 3.72. The van der Waals surface area contributed by atoms with Crippen LogP contribution >= 0.6 is 0 Å². The Morgan fingerprint density at radius 3 is 2.93 bits per heavy atom. The van der Waals surface area contributed by atoms with Gasteiger partial charge in [-0.15, -0.1) is 6.58 Å². The van der Waals surface area contributed by atoms with Crippen molar-refractivity contribution in [3.63, 3.8) is 0 Å². The Hall–Kier alpha value is -1.44. The topological polar surface area (TPSA) is 18.5 Å². The highest BCUT2D eigenvalue weighted by molar-refractivity contribution is 5.44. The highest BCUT2D eigenvalue weighted by Crippen LogP contribution is 2.32. The van der Waals surface area contributed by atoms with E-state index in [2.05, 4.69) is 18.7 Å². The lowest BCUT2D eigenvalue weighted by Crippen LogP contribution is -1.92. The molecule has 15 heavy (non-hydrogen) atoms. The Bertz CT molecular complexity index is 344. The van der Waals surface area contributed by atoms with E-state index < -0.39 is 0 Å². The number of aryl methyl sites for hydroxylation is 1. The maximum absolute atomic E-state index is 5.33. The number of hydrogen-bond donors (Lipinski definition) is 0. The molecular formula is C13H16O2. The van der Waals surface area contributed by atoms with Crippen molar-refractivity contribution >= 4 is 0 Å². The third-order valence-electron chi connectivity index (χ3n) is 2.56. The van der Waals surface area contributed by atoms with Gasteiger partial charge in [0.1, 0.15) is 0 Å². The lowest BCUT2D eigenvalue weighted by Gasteiger charge is -2.02. The van der Waals surface area contributed by atoms with Crippen molar-refractivity contribution < 1.29 is 9.47 Å². The SMILES string of the molecule is C=CCCCCc1ccc2c(c1)OCO2. The third-order valence-corrected chi connectivity index (χ3v) is 2.56. The van der Waals surface area contributed by atoms with Crippen molar-refractivity contribution in [2.24, 2.45) is 0 Å². The summed E-state index contributed by atoms with van der Waals surface area (Å²) < 4.78 is 10.6. The number of fused-ring (bicyclic) bond motifs is 1. The molecule has 0 aromatic heterocycles. The first kappa shape index (κ1) is 10.1. The van der Waals surface area contributed by atoms with Crippen LogP contribution in [0.3, 0.4) is 0 Å². The summed E-state index contributed by atoms with van der Waals surface area (Å²) in [5.74, 6) is 1.75. The van der Waals surface area contributed by atoms with Gasteiger partial charge < -0.3 is 9.47 Å². The molecule has 80 valence electrons. The second-order valence-electron chi connectivity index (χ2n) is 3.72. The first-order valence-electron chi connectivity index (χ1n) is 5.39. The molecule has 0 spiro atoms. The highest BCUT2D eigenvalue weighted by Gasteiger charge is 2.12. The van der Waals surface area contributed by atoms with Crippen molar-refractivity contribution in [2.75, 3.05) is 6.79 Å². The summed E-state index contributed by atoms with van der Waals surface area (Å²) >= 11 is 0. The Balaban J connectivity index is 1.89. The Morgan fingerprint density at radius 2 is 2.07 bits per heavy atom. The Morgan fingerprint density at radius 1 is 1.20 bits per heavy atom. The van der Waals surface area contributed by atoms with Crippen LogP contribution < -0.4 is 9.47 Å². The molecule has 1 aliphatic rings. The molecule has 2 heteroatoms. The molecule has 0 unspecified atom stereocenters. The van der Waals surface area contributed by atoms with E-state index in [1.165, 1.54) is 18.4 Å². The number of rotatable bonds is 5. The number of allylic oxidation sites excluding steroid dienone is 1. The van der Waals surface area contributed by atoms with Crippen molar-refractivity contribution in [3.05, 3.63) is 36.4 Å². The Labute approximate surface area is 90.5 Å². The van der Waals surface area contributed by atoms with E-state index in [9.17, 15) is 0 Å². The van der Waals surface area contributed by atoms with Gasteiger partial charge in [-0.05, 0) is 43.4 Å². The lowest BCUT2D eigenvalue weighted by atomic mass is 10.1. The highest BCUT2D eigenvalue weighted by atomic mass is 16.7. The van der Waals surface area contributed by atoms with Crippen molar-refractivity contribution in [1.29, 1.82) is 0 Å². The summed E-state index contributed by atoms with van der Waals surface area (Å²) in [5, 5.41) is 0. The molecule has 1 aliphatic heterocycles. The minimum Gasteiger partial charge on any atom is -0.454 e. The third kappa shape index (κ3) is 2.52. The maximum Gasteiger partial charge on any atom is 0.231 e. The van der Waals surface area contributed by atoms with Crippen LogP contribution in [0, 0.1) is 0 Å². The molecule has 1 aromatic rings. The standard InChI is InChI=1S/C13H16O2/c1-2-3-4-5-6-11-7-8-12-13(9-11)15-10-14-12/h2,7-9H,1,3-6,10H2. The summed E-state index contributed by atoms with van der Waals surface area (Å²) in [6, 6.07) is 6.18. The quantitative estimate of drug-likeness (QED) is 0.541. The zero-order valence-electron chi connectivity index (χ0n) is 8.87. The van der Waals surface area contributed by atoms with Crippen LogP contribution in [0.2, 0.25) is 0 Å². The van der Waals surface area contributed by atoms with Crippen LogP contribution in [0.15, 0.2) is 30.9 Å². The monoisotopic (exact) mass is 204 g/mol. The number of unbranched alkanes of at least 4 members (excludes halogenated alkanes) is 2. The van der Waals surface area contributed by atoms with Gasteiger partial charge in [0.15, 0.2) is 11.5 Å². The van der Waals surface area contributed by atoms with E-state index in [0.29, 0.717) is 6.79 Å². The molecule has 2 rings (SSSR count). The van der Waals surface area contributed by atoms with Crippen LogP contribution in [0.4, 0.5) is 0 Å². The summed E-state index contributed by atoms with van der Waals surface area (Å²) in [4.78, 5) is 0. The summed E-state index contributed by atoms with van der Waals surface area (Å²) in [6.07, 6.45) is 6.58. The van der Waals surface area contributed by atoms with Gasteiger partial charge in [0.25, 0.3) is 0 Å². The van der Waals surface area contributed by atoms with Gasteiger partial charge in [-0.3, -0.25) is 0 Å². The molecule has 0 N–H and O–H groups in total. The molecule has 0 saturated heterocycles. The van der Waals surface area contributed by atoms with Crippen LogP contribution in [-0.2, 0) is 6.42 Å². The number of hydrogen-bond acceptors (Lipinski definition) is 2. The fourth-order valence-electron chi connectivity index (χ4n) is 1.71. The second kappa shape index (κ2) is 4.87. The fourth-order valence-corrected chi connectivity index (χ4v) is 1.71. The first-order chi connectivity index (χ1) is 7.40. The molecular weight excluding hydrogens is 188 g/mol. The van der Waals surface area contributed by atoms with Gasteiger partial charge in [0.2, 0.25) is 6.79 Å². The van der Waals surface area contributed by atoms with Crippen molar-refractivity contribution in [1.82, 2.24) is 0 Å². The van der Waals surface area contributed by atoms with E-state index in [4.69, 9.17) is 9.47 Å². The van der Waals surface area contributed by atoms with Gasteiger partial charge in [0.05, 0.1) is 0 Å². The van der Waals surface area contributed by atoms with Gasteiger partial charge in [0, 0.05) is 0 Å². The minimum atomic E-state index is 0.356. The average Bonchev–Trinajstić information content (AvgIpc) is 2.71. The lowest BCUT2D eigenvalue weighted by molar-refractivity contribution is 0.174. The van der Waals surface area contributed by atoms with E-state index in [0.717, 1.165) is 24.3 Å². The minimum absolute atomic E-state index is 0.356. The summed E-state index contributed by atoms with van der Waals surface area (Å²) in [5.41, 5.74) is 1.32. The van der Waals surface area contributed by atoms with E-state index >= 15 is 0 Å². The predicted molar refractivity (Wildman–Crippen MR) is 60.3 cm³/mol. The fraction of sp³-hybridized carbons (Fsp3) is 0.385. The smallest absolute Gasteiger partial charge is 0.231 e. The zero-order valence-corrected chi connectivity index (χ0v) is 8.87. The predicted octanol–water partition coefficient (Wildman–Crippen LogP) is 3.31. The van der Waals surface area contributed by atoms with Crippen LogP contribution in [-0.4, -0.2) is 6.79 Å². The molecule has 0 fully saturated rings. The molecule has 2 nitrogen and oxygen atoms in total. The average molecular weight is 204 g/mol. The molecule has 1 aromatic carbocycles. The van der Waals surface area contributed by atoms with Gasteiger partial charge in [-0.2, -0.15) is 0 Å². The molecule has 0 radical (unpaired) electrons. The van der Waals surface area contributed by atoms with Gasteiger partial charge in [-0.1, -0.05) is 12.1 Å². The van der Waals surface area contributed by atoms with E-state index in [1.807, 2.05) is 12.1 Å². The summed E-state index contributed by atoms with van der Waals surface area (Å²) in [7, 11) is 0. The normalized spacial score (nSPS) is 12.8. The molecule has 0 bridgehead atoms. The van der Waals surface area contributed by atoms with Crippen molar-refractivity contribution in [3.8, 4) is 11.5 Å². The Kier molecular flexibility index (Phi) is 3.28. The number of benzene rings is 1. The number of ether oxygens (including phenoxy) is 2. The zero-order chi connectivity index (χ0) is 10.5. The summed E-state index contributed by atoms with van der Waals surface area (Å²) in [6.45, 7) is 4.07. The van der Waals surface area contributed by atoms with E-state index in [1.54, 1.807) is 0 Å². The first-order valence-corrected chi connectivity index (χ1v) is 5.39. The molecule has 0 aliphatic carbocycles. The molecule has 0 amide bonds. The largest absolute Gasteiger partial charge is 0.454 e. The van der Waals surface area contributed by atoms with Gasteiger partial charge >= 0.3 is 0 Å².